The fraction of sp³-hybridized carbons (Fsp3) is 0.167. The Hall–Kier alpha value is -3.98. The molecule has 0 saturated carbocycles. The van der Waals surface area contributed by atoms with Gasteiger partial charge in [-0.1, -0.05) is 29.5 Å². The van der Waals surface area contributed by atoms with Crippen molar-refractivity contribution in [1.29, 1.82) is 0 Å². The third-order valence-corrected chi connectivity index (χ3v) is 6.01. The summed E-state index contributed by atoms with van der Waals surface area (Å²) >= 11 is 1.62. The zero-order valence-electron chi connectivity index (χ0n) is 17.8. The van der Waals surface area contributed by atoms with Crippen LogP contribution in [-0.2, 0) is 11.3 Å². The number of amides is 1. The van der Waals surface area contributed by atoms with E-state index in [1.165, 1.54) is 0 Å². The normalized spacial score (nSPS) is 10.8. The molecule has 1 amide bonds. The number of carboxylic acid groups (broad SMARTS) is 1. The molecule has 0 bridgehead atoms. The maximum absolute atomic E-state index is 12.9. The number of carboxylic acids is 1. The van der Waals surface area contributed by atoms with Gasteiger partial charge in [0.25, 0.3) is 5.91 Å². The van der Waals surface area contributed by atoms with Crippen LogP contribution in [0.2, 0.25) is 0 Å². The summed E-state index contributed by atoms with van der Waals surface area (Å²) in [5.41, 5.74) is 10.0. The second-order valence-electron chi connectivity index (χ2n) is 7.53. The zero-order valence-corrected chi connectivity index (χ0v) is 18.6. The first-order chi connectivity index (χ1) is 16.0. The summed E-state index contributed by atoms with van der Waals surface area (Å²) in [7, 11) is 0. The molecule has 0 saturated heterocycles. The lowest BCUT2D eigenvalue weighted by atomic mass is 10.1. The van der Waals surface area contributed by atoms with Gasteiger partial charge in [0.05, 0.1) is 17.6 Å². The van der Waals surface area contributed by atoms with Crippen molar-refractivity contribution in [2.45, 2.75) is 25.8 Å². The molecule has 0 aliphatic rings. The number of anilines is 2. The number of carbonyl (C=O) groups is 2. The van der Waals surface area contributed by atoms with Crippen molar-refractivity contribution >= 4 is 34.6 Å². The maximum Gasteiger partial charge on any atom is 0.303 e. The number of aromatic nitrogens is 3. The Bertz CT molecular complexity index is 1270. The molecular weight excluding hydrogens is 438 g/mol. The van der Waals surface area contributed by atoms with Crippen LogP contribution in [0, 0.1) is 0 Å². The summed E-state index contributed by atoms with van der Waals surface area (Å²) in [4.78, 5) is 24.6. The van der Waals surface area contributed by atoms with Crippen LogP contribution in [0.1, 0.15) is 29.6 Å². The molecular formula is C24H23N5O3S. The lowest BCUT2D eigenvalue weighted by Crippen LogP contribution is -2.13. The molecule has 168 valence electrons. The van der Waals surface area contributed by atoms with Crippen LogP contribution in [0.5, 0.6) is 0 Å². The van der Waals surface area contributed by atoms with Crippen molar-refractivity contribution in [3.63, 3.8) is 0 Å². The van der Waals surface area contributed by atoms with Crippen LogP contribution in [0.3, 0.4) is 0 Å². The van der Waals surface area contributed by atoms with E-state index in [1.807, 2.05) is 35.7 Å². The van der Waals surface area contributed by atoms with E-state index >= 15 is 0 Å². The van der Waals surface area contributed by atoms with Gasteiger partial charge in [0, 0.05) is 29.0 Å². The van der Waals surface area contributed by atoms with E-state index in [-0.39, 0.29) is 12.3 Å². The average Bonchev–Trinajstić information content (AvgIpc) is 3.51. The smallest absolute Gasteiger partial charge is 0.303 e. The molecule has 33 heavy (non-hydrogen) atoms. The minimum absolute atomic E-state index is 0.138. The van der Waals surface area contributed by atoms with E-state index in [9.17, 15) is 9.59 Å². The van der Waals surface area contributed by atoms with Crippen LogP contribution in [0.15, 0.2) is 66.2 Å². The molecule has 0 atom stereocenters. The number of thiophene rings is 1. The van der Waals surface area contributed by atoms with Gasteiger partial charge in [-0.15, -0.1) is 16.4 Å². The molecule has 0 spiro atoms. The standard InChI is InChI=1S/C24H23N5O3S/c25-19-10-9-17(22-7-4-12-33-22)14-20(19)26-24(32)18-6-3-5-16(13-18)21-15-29(28-27-21)11-2-1-8-23(30)31/h3-7,9-10,12-15H,1-2,8,11,25H2,(H,26,32)(H,30,31). The van der Waals surface area contributed by atoms with Gasteiger partial charge >= 0.3 is 5.97 Å². The maximum atomic E-state index is 12.9. The number of nitrogens with one attached hydrogen (secondary N) is 1. The Balaban J connectivity index is 1.46. The van der Waals surface area contributed by atoms with Gasteiger partial charge in [0.2, 0.25) is 0 Å². The Morgan fingerprint density at radius 2 is 1.94 bits per heavy atom. The Morgan fingerprint density at radius 1 is 1.06 bits per heavy atom. The lowest BCUT2D eigenvalue weighted by molar-refractivity contribution is -0.137. The summed E-state index contributed by atoms with van der Waals surface area (Å²) < 4.78 is 1.68. The molecule has 4 N–H and O–H groups in total. The first-order valence-corrected chi connectivity index (χ1v) is 11.3. The number of benzene rings is 2. The highest BCUT2D eigenvalue weighted by Crippen LogP contribution is 2.30. The number of nitrogens with zero attached hydrogens (tertiary/aromatic N) is 3. The van der Waals surface area contributed by atoms with E-state index in [0.29, 0.717) is 42.0 Å². The molecule has 4 aromatic rings. The molecule has 2 heterocycles. The van der Waals surface area contributed by atoms with Crippen LogP contribution >= 0.6 is 11.3 Å². The molecule has 0 radical (unpaired) electrons. The van der Waals surface area contributed by atoms with Gasteiger partial charge in [-0.05, 0) is 54.1 Å². The summed E-state index contributed by atoms with van der Waals surface area (Å²) in [6, 6.07) is 16.7. The number of nitrogen functional groups attached to an aromatic ring is 1. The van der Waals surface area contributed by atoms with Crippen LogP contribution in [-0.4, -0.2) is 32.0 Å². The molecule has 8 nitrogen and oxygen atoms in total. The quantitative estimate of drug-likeness (QED) is 0.244. The molecule has 0 unspecified atom stereocenters. The van der Waals surface area contributed by atoms with Gasteiger partial charge in [-0.2, -0.15) is 0 Å². The number of rotatable bonds is 9. The third kappa shape index (κ3) is 5.64. The molecule has 9 heteroatoms. The highest BCUT2D eigenvalue weighted by atomic mass is 32.1. The SMILES string of the molecule is Nc1ccc(-c2cccs2)cc1NC(=O)c1cccc(-c2cn(CCCCC(=O)O)nn2)c1. The van der Waals surface area contributed by atoms with Crippen LogP contribution < -0.4 is 11.1 Å². The van der Waals surface area contributed by atoms with E-state index in [0.717, 1.165) is 16.0 Å². The topological polar surface area (TPSA) is 123 Å². The molecule has 0 aliphatic heterocycles. The average molecular weight is 462 g/mol. The first kappa shape index (κ1) is 22.2. The minimum atomic E-state index is -0.802. The molecule has 2 aromatic heterocycles. The molecule has 0 fully saturated rings. The number of aryl methyl sites for hydroxylation is 1. The van der Waals surface area contributed by atoms with Crippen molar-refractivity contribution in [1.82, 2.24) is 15.0 Å². The molecule has 4 rings (SSSR count). The van der Waals surface area contributed by atoms with E-state index in [1.54, 1.807) is 46.5 Å². The van der Waals surface area contributed by atoms with Crippen molar-refractivity contribution < 1.29 is 14.7 Å². The number of carbonyl (C=O) groups excluding carboxylic acids is 1. The third-order valence-electron chi connectivity index (χ3n) is 5.09. The second kappa shape index (κ2) is 10.1. The van der Waals surface area contributed by atoms with E-state index < -0.39 is 5.97 Å². The predicted molar refractivity (Wildman–Crippen MR) is 129 cm³/mol. The zero-order chi connectivity index (χ0) is 23.2. The second-order valence-corrected chi connectivity index (χ2v) is 8.48. The minimum Gasteiger partial charge on any atom is -0.481 e. The largest absolute Gasteiger partial charge is 0.481 e. The number of nitrogens with two attached hydrogens (primary N) is 1. The van der Waals surface area contributed by atoms with Crippen molar-refractivity contribution in [2.75, 3.05) is 11.1 Å². The molecule has 2 aromatic carbocycles. The highest BCUT2D eigenvalue weighted by Gasteiger charge is 2.12. The Kier molecular flexibility index (Phi) is 6.80. The van der Waals surface area contributed by atoms with Crippen LogP contribution in [0.4, 0.5) is 11.4 Å². The fourth-order valence-electron chi connectivity index (χ4n) is 3.36. The fourth-order valence-corrected chi connectivity index (χ4v) is 4.09. The van der Waals surface area contributed by atoms with E-state index in [4.69, 9.17) is 10.8 Å². The summed E-state index contributed by atoms with van der Waals surface area (Å²) in [6.07, 6.45) is 3.21. The van der Waals surface area contributed by atoms with Gasteiger partial charge in [0.15, 0.2) is 0 Å². The summed E-state index contributed by atoms with van der Waals surface area (Å²) in [5.74, 6) is -1.07. The molecule has 0 aliphatic carbocycles. The van der Waals surface area contributed by atoms with Crippen molar-refractivity contribution in [2.24, 2.45) is 0 Å². The van der Waals surface area contributed by atoms with Crippen molar-refractivity contribution in [3.05, 3.63) is 71.7 Å². The number of unbranched alkanes of at least 4 members (excludes halogenated alkanes) is 1. The highest BCUT2D eigenvalue weighted by molar-refractivity contribution is 7.13. The van der Waals surface area contributed by atoms with Crippen LogP contribution in [0.25, 0.3) is 21.7 Å². The first-order valence-electron chi connectivity index (χ1n) is 10.5. The number of aliphatic carboxylic acids is 1. The van der Waals surface area contributed by atoms with Gasteiger partial charge < -0.3 is 16.2 Å². The van der Waals surface area contributed by atoms with E-state index in [2.05, 4.69) is 15.6 Å². The van der Waals surface area contributed by atoms with Crippen molar-refractivity contribution in [3.8, 4) is 21.7 Å². The lowest BCUT2D eigenvalue weighted by Gasteiger charge is -2.10. The Labute approximate surface area is 194 Å². The number of hydrogen-bond donors (Lipinski definition) is 3. The summed E-state index contributed by atoms with van der Waals surface area (Å²) in [6.45, 7) is 0.584. The summed E-state index contributed by atoms with van der Waals surface area (Å²) in [5, 5.41) is 21.9. The Morgan fingerprint density at radius 3 is 2.73 bits per heavy atom. The predicted octanol–water partition coefficient (Wildman–Crippen LogP) is 4.76. The number of hydrogen-bond acceptors (Lipinski definition) is 6. The van der Waals surface area contributed by atoms with Gasteiger partial charge in [-0.25, -0.2) is 0 Å². The van der Waals surface area contributed by atoms with Gasteiger partial charge in [-0.3, -0.25) is 14.3 Å². The monoisotopic (exact) mass is 461 g/mol. The van der Waals surface area contributed by atoms with Gasteiger partial charge in [0.1, 0.15) is 5.69 Å².